The number of guanidine groups is 1. The second kappa shape index (κ2) is 6.86. The predicted octanol–water partition coefficient (Wildman–Crippen LogP) is 2.73. The molecular formula is C18H25N5. The van der Waals surface area contributed by atoms with E-state index in [1.54, 1.807) is 0 Å². The summed E-state index contributed by atoms with van der Waals surface area (Å²) in [5, 5.41) is 4.57. The second-order valence-corrected chi connectivity index (χ2v) is 6.36. The Morgan fingerprint density at radius 3 is 2.65 bits per heavy atom. The normalized spacial score (nSPS) is 16.8. The highest BCUT2D eigenvalue weighted by Gasteiger charge is 2.17. The van der Waals surface area contributed by atoms with Crippen molar-refractivity contribution in [2.24, 2.45) is 16.6 Å². The number of benzene rings is 1. The van der Waals surface area contributed by atoms with E-state index < -0.39 is 0 Å². The average molecular weight is 311 g/mol. The molecule has 0 unspecified atom stereocenters. The predicted molar refractivity (Wildman–Crippen MR) is 93.6 cm³/mol. The molecule has 0 saturated carbocycles. The molecule has 1 aromatic carbocycles. The van der Waals surface area contributed by atoms with Gasteiger partial charge in [-0.15, -0.1) is 0 Å². The molecule has 1 aliphatic rings. The van der Waals surface area contributed by atoms with E-state index in [1.165, 1.54) is 12.8 Å². The SMILES string of the molecule is Cc1nn(-c2ccccc2)cc1CN=C(N)N1CCC(C)CC1. The minimum atomic E-state index is 0.580. The van der Waals surface area contributed by atoms with Gasteiger partial charge in [0, 0.05) is 24.8 Å². The van der Waals surface area contributed by atoms with E-state index in [0.717, 1.165) is 36.0 Å². The van der Waals surface area contributed by atoms with E-state index in [1.807, 2.05) is 48.1 Å². The number of aromatic nitrogens is 2. The number of rotatable bonds is 3. The quantitative estimate of drug-likeness (QED) is 0.700. The molecule has 2 aromatic rings. The van der Waals surface area contributed by atoms with Gasteiger partial charge < -0.3 is 10.6 Å². The van der Waals surface area contributed by atoms with Gasteiger partial charge >= 0.3 is 0 Å². The van der Waals surface area contributed by atoms with E-state index in [4.69, 9.17) is 5.73 Å². The molecule has 0 aliphatic carbocycles. The monoisotopic (exact) mass is 311 g/mol. The van der Waals surface area contributed by atoms with E-state index in [9.17, 15) is 0 Å². The van der Waals surface area contributed by atoms with Crippen LogP contribution < -0.4 is 5.73 Å². The van der Waals surface area contributed by atoms with Gasteiger partial charge in [-0.3, -0.25) is 0 Å². The maximum Gasteiger partial charge on any atom is 0.191 e. The molecule has 2 N–H and O–H groups in total. The van der Waals surface area contributed by atoms with Gasteiger partial charge in [0.05, 0.1) is 17.9 Å². The van der Waals surface area contributed by atoms with Crippen LogP contribution in [0.15, 0.2) is 41.5 Å². The van der Waals surface area contributed by atoms with Crippen molar-refractivity contribution >= 4 is 5.96 Å². The van der Waals surface area contributed by atoms with Crippen molar-refractivity contribution in [1.82, 2.24) is 14.7 Å². The number of hydrogen-bond donors (Lipinski definition) is 1. The highest BCUT2D eigenvalue weighted by Crippen LogP contribution is 2.16. The number of piperidine rings is 1. The van der Waals surface area contributed by atoms with Crippen LogP contribution >= 0.6 is 0 Å². The Morgan fingerprint density at radius 2 is 1.96 bits per heavy atom. The van der Waals surface area contributed by atoms with Crippen LogP contribution in [0.25, 0.3) is 5.69 Å². The first-order chi connectivity index (χ1) is 11.1. The Kier molecular flexibility index (Phi) is 4.65. The number of aliphatic imine (C=N–C) groups is 1. The lowest BCUT2D eigenvalue weighted by atomic mass is 10.00. The zero-order chi connectivity index (χ0) is 16.2. The first-order valence-electron chi connectivity index (χ1n) is 8.29. The summed E-state index contributed by atoms with van der Waals surface area (Å²) in [5.74, 6) is 1.45. The summed E-state index contributed by atoms with van der Waals surface area (Å²) in [4.78, 5) is 6.77. The summed E-state index contributed by atoms with van der Waals surface area (Å²) in [7, 11) is 0. The third kappa shape index (κ3) is 3.73. The molecule has 0 bridgehead atoms. The van der Waals surface area contributed by atoms with Crippen LogP contribution in [-0.4, -0.2) is 33.7 Å². The lowest BCUT2D eigenvalue weighted by molar-refractivity contribution is 0.277. The Balaban J connectivity index is 1.68. The highest BCUT2D eigenvalue weighted by molar-refractivity contribution is 5.78. The lowest BCUT2D eigenvalue weighted by Gasteiger charge is -2.31. The van der Waals surface area contributed by atoms with Crippen LogP contribution in [0.5, 0.6) is 0 Å². The molecule has 0 spiro atoms. The third-order valence-corrected chi connectivity index (χ3v) is 4.54. The average Bonchev–Trinajstić information content (AvgIpc) is 2.95. The molecule has 122 valence electrons. The van der Waals surface area contributed by atoms with Gasteiger partial charge in [0.1, 0.15) is 0 Å². The number of para-hydroxylation sites is 1. The topological polar surface area (TPSA) is 59.4 Å². The fourth-order valence-corrected chi connectivity index (χ4v) is 2.87. The van der Waals surface area contributed by atoms with Crippen molar-refractivity contribution in [2.45, 2.75) is 33.2 Å². The third-order valence-electron chi connectivity index (χ3n) is 4.54. The fourth-order valence-electron chi connectivity index (χ4n) is 2.87. The van der Waals surface area contributed by atoms with Crippen LogP contribution in [0.4, 0.5) is 0 Å². The summed E-state index contributed by atoms with van der Waals surface area (Å²) >= 11 is 0. The summed E-state index contributed by atoms with van der Waals surface area (Å²) < 4.78 is 1.90. The van der Waals surface area contributed by atoms with Gasteiger partial charge in [0.15, 0.2) is 5.96 Å². The van der Waals surface area contributed by atoms with E-state index in [-0.39, 0.29) is 0 Å². The van der Waals surface area contributed by atoms with Crippen LogP contribution in [0.2, 0.25) is 0 Å². The molecule has 0 amide bonds. The van der Waals surface area contributed by atoms with Crippen molar-refractivity contribution in [2.75, 3.05) is 13.1 Å². The summed E-state index contributed by atoms with van der Waals surface area (Å²) in [6.07, 6.45) is 4.43. The van der Waals surface area contributed by atoms with Gasteiger partial charge in [-0.2, -0.15) is 5.10 Å². The molecule has 1 aliphatic heterocycles. The summed E-state index contributed by atoms with van der Waals surface area (Å²) in [6, 6.07) is 10.1. The van der Waals surface area contributed by atoms with Gasteiger partial charge in [0.2, 0.25) is 0 Å². The molecule has 1 saturated heterocycles. The maximum atomic E-state index is 6.16. The molecule has 3 rings (SSSR count). The lowest BCUT2D eigenvalue weighted by Crippen LogP contribution is -2.42. The number of hydrogen-bond acceptors (Lipinski definition) is 2. The molecule has 23 heavy (non-hydrogen) atoms. The Hall–Kier alpha value is -2.30. The van der Waals surface area contributed by atoms with E-state index in [2.05, 4.69) is 21.9 Å². The van der Waals surface area contributed by atoms with Crippen LogP contribution in [0, 0.1) is 12.8 Å². The van der Waals surface area contributed by atoms with Crippen LogP contribution in [-0.2, 0) is 6.54 Å². The second-order valence-electron chi connectivity index (χ2n) is 6.36. The first kappa shape index (κ1) is 15.6. The van der Waals surface area contributed by atoms with E-state index >= 15 is 0 Å². The van der Waals surface area contributed by atoms with Crippen molar-refractivity contribution in [3.8, 4) is 5.69 Å². The maximum absolute atomic E-state index is 6.16. The summed E-state index contributed by atoms with van der Waals surface area (Å²) in [5.41, 5.74) is 9.33. The summed E-state index contributed by atoms with van der Waals surface area (Å²) in [6.45, 7) is 6.92. The fraction of sp³-hybridized carbons (Fsp3) is 0.444. The Labute approximate surface area is 137 Å². The van der Waals surface area contributed by atoms with Gasteiger partial charge in [0.25, 0.3) is 0 Å². The molecule has 1 fully saturated rings. The number of nitrogens with zero attached hydrogens (tertiary/aromatic N) is 4. The minimum Gasteiger partial charge on any atom is -0.370 e. The Bertz CT molecular complexity index is 666. The Morgan fingerprint density at radius 1 is 1.26 bits per heavy atom. The van der Waals surface area contributed by atoms with Gasteiger partial charge in [-0.25, -0.2) is 9.67 Å². The van der Waals surface area contributed by atoms with Crippen LogP contribution in [0.3, 0.4) is 0 Å². The molecule has 0 atom stereocenters. The standard InChI is InChI=1S/C18H25N5/c1-14-8-10-22(11-9-14)18(19)20-12-16-13-23(21-15(16)2)17-6-4-3-5-7-17/h3-7,13-14H,8-12H2,1-2H3,(H2,19,20). The molecule has 0 radical (unpaired) electrons. The zero-order valence-corrected chi connectivity index (χ0v) is 13.9. The number of aryl methyl sites for hydroxylation is 1. The number of likely N-dealkylation sites (tertiary alicyclic amines) is 1. The zero-order valence-electron chi connectivity index (χ0n) is 13.9. The minimum absolute atomic E-state index is 0.580. The smallest absolute Gasteiger partial charge is 0.191 e. The van der Waals surface area contributed by atoms with Crippen molar-refractivity contribution in [1.29, 1.82) is 0 Å². The van der Waals surface area contributed by atoms with Gasteiger partial charge in [-0.05, 0) is 37.8 Å². The van der Waals surface area contributed by atoms with E-state index in [0.29, 0.717) is 12.5 Å². The van der Waals surface area contributed by atoms with Gasteiger partial charge in [-0.1, -0.05) is 25.1 Å². The molecular weight excluding hydrogens is 286 g/mol. The first-order valence-corrected chi connectivity index (χ1v) is 8.29. The molecule has 5 heteroatoms. The molecule has 1 aromatic heterocycles. The largest absolute Gasteiger partial charge is 0.370 e. The van der Waals surface area contributed by atoms with Crippen LogP contribution in [0.1, 0.15) is 31.0 Å². The van der Waals surface area contributed by atoms with Crippen molar-refractivity contribution < 1.29 is 0 Å². The molecule has 2 heterocycles. The number of nitrogens with two attached hydrogens (primary N) is 1. The van der Waals surface area contributed by atoms with Crippen molar-refractivity contribution in [3.63, 3.8) is 0 Å². The highest BCUT2D eigenvalue weighted by atomic mass is 15.3. The van der Waals surface area contributed by atoms with Crippen molar-refractivity contribution in [3.05, 3.63) is 47.8 Å². The molecule has 5 nitrogen and oxygen atoms in total.